The lowest BCUT2D eigenvalue weighted by Crippen LogP contribution is -2.48. The highest BCUT2D eigenvalue weighted by molar-refractivity contribution is 4.93. The van der Waals surface area contributed by atoms with E-state index >= 15 is 0 Å². The summed E-state index contributed by atoms with van der Waals surface area (Å²) in [5.74, 6) is 0.949. The van der Waals surface area contributed by atoms with Gasteiger partial charge in [0.25, 0.3) is 0 Å². The quantitative estimate of drug-likeness (QED) is 0.0499. The van der Waals surface area contributed by atoms with Crippen LogP contribution in [0.1, 0.15) is 213 Å². The molecule has 0 aromatic heterocycles. The summed E-state index contributed by atoms with van der Waals surface area (Å²) in [5, 5.41) is 3.81. The number of hydrogen-bond donors (Lipinski definition) is 1. The minimum atomic E-state index is 0.949. The minimum absolute atomic E-state index is 0.949. The van der Waals surface area contributed by atoms with Crippen molar-refractivity contribution < 1.29 is 0 Å². The molecule has 1 aliphatic rings. The topological polar surface area (TPSA) is 18.5 Å². The molecule has 1 aliphatic heterocycles. The Morgan fingerprint density at radius 3 is 1.21 bits per heavy atom. The molecule has 0 unspecified atom stereocenters. The van der Waals surface area contributed by atoms with E-state index in [-0.39, 0.29) is 0 Å². The number of unbranched alkanes of at least 4 members (excludes halogenated alkanes) is 19. The van der Waals surface area contributed by atoms with Crippen LogP contribution in [0.3, 0.4) is 0 Å². The van der Waals surface area contributed by atoms with Gasteiger partial charge in [-0.2, -0.15) is 0 Å². The van der Waals surface area contributed by atoms with E-state index in [9.17, 15) is 0 Å². The predicted molar refractivity (Wildman–Crippen MR) is 241 cm³/mol. The van der Waals surface area contributed by atoms with E-state index in [4.69, 9.17) is 0 Å². The van der Waals surface area contributed by atoms with Gasteiger partial charge >= 0.3 is 0 Å². The third kappa shape index (κ3) is 36.2. The average molecular weight is 738 g/mol. The standard InChI is InChI=1S/C50H95N3/c1-4-7-10-12-14-16-18-20-22-24-26-28-30-32-34-36-39-50(41-38-42-51-43-45-53-48-46-52(47-49-53)44-9-6-3)40-37-35-33-31-29-27-25-23-21-19-17-15-13-11-8-5-2/h14-17,20-23,50-51H,4-13,18-19,24-49H2,1-3H3/b16-14-,17-15-,22-20-,23-21-. The smallest absolute Gasteiger partial charge is 0.0110 e. The van der Waals surface area contributed by atoms with Crippen LogP contribution in [-0.4, -0.2) is 62.2 Å². The summed E-state index contributed by atoms with van der Waals surface area (Å²) < 4.78 is 0. The molecule has 0 atom stereocenters. The average Bonchev–Trinajstić information content (AvgIpc) is 3.18. The Morgan fingerprint density at radius 1 is 0.377 bits per heavy atom. The molecule has 1 rings (SSSR count). The SMILES string of the molecule is CCCCC/C=C\C/C=C\CCCCCCCCC(CCCCCCCC/C=C\C/C=C\CCCCC)CCCNCCN1CCN(CCCC)CC1. The maximum Gasteiger partial charge on any atom is 0.0110 e. The molecule has 0 aromatic rings. The maximum absolute atomic E-state index is 3.81. The van der Waals surface area contributed by atoms with Gasteiger partial charge in [0.15, 0.2) is 0 Å². The molecule has 53 heavy (non-hydrogen) atoms. The molecule has 0 saturated carbocycles. The van der Waals surface area contributed by atoms with Crippen LogP contribution < -0.4 is 5.32 Å². The Balaban J connectivity index is 2.17. The van der Waals surface area contributed by atoms with Crippen molar-refractivity contribution in [1.29, 1.82) is 0 Å². The molecule has 310 valence electrons. The Morgan fingerprint density at radius 2 is 0.755 bits per heavy atom. The third-order valence-corrected chi connectivity index (χ3v) is 11.5. The highest BCUT2D eigenvalue weighted by atomic mass is 15.3. The predicted octanol–water partition coefficient (Wildman–Crippen LogP) is 14.8. The summed E-state index contributed by atoms with van der Waals surface area (Å²) in [4.78, 5) is 5.34. The Labute approximate surface area is 334 Å². The van der Waals surface area contributed by atoms with Gasteiger partial charge in [-0.15, -0.1) is 0 Å². The van der Waals surface area contributed by atoms with Crippen molar-refractivity contribution in [3.05, 3.63) is 48.6 Å². The maximum atomic E-state index is 3.81. The molecule has 1 fully saturated rings. The zero-order valence-electron chi connectivity index (χ0n) is 36.5. The van der Waals surface area contributed by atoms with E-state index in [0.29, 0.717) is 0 Å². The molecular formula is C50H95N3. The number of nitrogens with zero attached hydrogens (tertiary/aromatic N) is 2. The molecule has 0 bridgehead atoms. The number of allylic oxidation sites excluding steroid dienone is 8. The fourth-order valence-corrected chi connectivity index (χ4v) is 7.77. The summed E-state index contributed by atoms with van der Waals surface area (Å²) in [7, 11) is 0. The van der Waals surface area contributed by atoms with Crippen molar-refractivity contribution in [3.8, 4) is 0 Å². The number of piperazine rings is 1. The molecule has 0 radical (unpaired) electrons. The summed E-state index contributed by atoms with van der Waals surface area (Å²) in [5.41, 5.74) is 0. The van der Waals surface area contributed by atoms with Crippen molar-refractivity contribution in [1.82, 2.24) is 15.1 Å². The molecule has 0 spiro atoms. The van der Waals surface area contributed by atoms with E-state index in [0.717, 1.165) is 25.3 Å². The van der Waals surface area contributed by atoms with Gasteiger partial charge in [-0.3, -0.25) is 4.90 Å². The van der Waals surface area contributed by atoms with E-state index in [1.54, 1.807) is 0 Å². The van der Waals surface area contributed by atoms with Gasteiger partial charge in [0.05, 0.1) is 0 Å². The molecule has 3 heteroatoms. The Hall–Kier alpha value is -1.16. The lowest BCUT2D eigenvalue weighted by atomic mass is 9.90. The Bertz CT molecular complexity index is 773. The van der Waals surface area contributed by atoms with Gasteiger partial charge in [-0.1, -0.05) is 179 Å². The molecule has 0 amide bonds. The Kier molecular flexibility index (Phi) is 39.5. The van der Waals surface area contributed by atoms with E-state index in [1.165, 1.54) is 226 Å². The third-order valence-electron chi connectivity index (χ3n) is 11.5. The first-order valence-corrected chi connectivity index (χ1v) is 24.0. The van der Waals surface area contributed by atoms with Crippen LogP contribution in [0, 0.1) is 5.92 Å². The molecule has 1 heterocycles. The van der Waals surface area contributed by atoms with Gasteiger partial charge in [0, 0.05) is 39.3 Å². The van der Waals surface area contributed by atoms with E-state index in [2.05, 4.69) is 84.5 Å². The molecule has 0 aliphatic carbocycles. The monoisotopic (exact) mass is 738 g/mol. The molecule has 0 aromatic carbocycles. The van der Waals surface area contributed by atoms with Gasteiger partial charge in [0.2, 0.25) is 0 Å². The van der Waals surface area contributed by atoms with Gasteiger partial charge in [0.1, 0.15) is 0 Å². The second-order valence-electron chi connectivity index (χ2n) is 16.5. The van der Waals surface area contributed by atoms with Crippen LogP contribution in [0.15, 0.2) is 48.6 Å². The van der Waals surface area contributed by atoms with Gasteiger partial charge in [-0.05, 0) is 102 Å². The van der Waals surface area contributed by atoms with Crippen LogP contribution in [0.25, 0.3) is 0 Å². The van der Waals surface area contributed by atoms with Crippen LogP contribution in [0.5, 0.6) is 0 Å². The van der Waals surface area contributed by atoms with Crippen LogP contribution >= 0.6 is 0 Å². The number of hydrogen-bond acceptors (Lipinski definition) is 3. The highest BCUT2D eigenvalue weighted by Gasteiger charge is 2.15. The van der Waals surface area contributed by atoms with Crippen molar-refractivity contribution >= 4 is 0 Å². The van der Waals surface area contributed by atoms with Gasteiger partial charge in [-0.25, -0.2) is 0 Å². The second kappa shape index (κ2) is 42.0. The van der Waals surface area contributed by atoms with Crippen molar-refractivity contribution in [2.75, 3.05) is 52.4 Å². The molecular weight excluding hydrogens is 643 g/mol. The normalized spacial score (nSPS) is 14.9. The van der Waals surface area contributed by atoms with Crippen molar-refractivity contribution in [3.63, 3.8) is 0 Å². The first-order valence-electron chi connectivity index (χ1n) is 24.0. The molecule has 3 nitrogen and oxygen atoms in total. The van der Waals surface area contributed by atoms with Crippen molar-refractivity contribution in [2.45, 2.75) is 213 Å². The largest absolute Gasteiger partial charge is 0.315 e. The minimum Gasteiger partial charge on any atom is -0.315 e. The summed E-state index contributed by atoms with van der Waals surface area (Å²) in [6, 6.07) is 0. The highest BCUT2D eigenvalue weighted by Crippen LogP contribution is 2.23. The van der Waals surface area contributed by atoms with Crippen LogP contribution in [0.4, 0.5) is 0 Å². The summed E-state index contributed by atoms with van der Waals surface area (Å²) >= 11 is 0. The molecule has 1 N–H and O–H groups in total. The van der Waals surface area contributed by atoms with Crippen molar-refractivity contribution in [2.24, 2.45) is 5.92 Å². The van der Waals surface area contributed by atoms with E-state index < -0.39 is 0 Å². The lowest BCUT2D eigenvalue weighted by molar-refractivity contribution is 0.132. The second-order valence-corrected chi connectivity index (χ2v) is 16.5. The first-order chi connectivity index (χ1) is 26.3. The fraction of sp³-hybridized carbons (Fsp3) is 0.840. The van der Waals surface area contributed by atoms with Crippen LogP contribution in [-0.2, 0) is 0 Å². The first kappa shape index (κ1) is 49.9. The fourth-order valence-electron chi connectivity index (χ4n) is 7.77. The molecule has 1 saturated heterocycles. The van der Waals surface area contributed by atoms with Crippen LogP contribution in [0.2, 0.25) is 0 Å². The zero-order valence-corrected chi connectivity index (χ0v) is 36.5. The van der Waals surface area contributed by atoms with E-state index in [1.807, 2.05) is 0 Å². The number of rotatable bonds is 40. The lowest BCUT2D eigenvalue weighted by Gasteiger charge is -2.34. The number of nitrogens with one attached hydrogen (secondary N) is 1. The summed E-state index contributed by atoms with van der Waals surface area (Å²) in [6.07, 6.45) is 59.9. The zero-order chi connectivity index (χ0) is 38.0. The summed E-state index contributed by atoms with van der Waals surface area (Å²) in [6.45, 7) is 16.8. The van der Waals surface area contributed by atoms with Gasteiger partial charge < -0.3 is 10.2 Å².